The molecule has 0 amide bonds. The fourth-order valence-electron chi connectivity index (χ4n) is 3.08. The van der Waals surface area contributed by atoms with Crippen molar-refractivity contribution in [1.29, 1.82) is 0 Å². The van der Waals surface area contributed by atoms with Crippen LogP contribution in [0.3, 0.4) is 0 Å². The Morgan fingerprint density at radius 3 is 2.76 bits per heavy atom. The fraction of sp³-hybridized carbons (Fsp3) is 0.600. The van der Waals surface area contributed by atoms with Gasteiger partial charge in [-0.1, -0.05) is 13.3 Å². The maximum absolute atomic E-state index is 5.91. The van der Waals surface area contributed by atoms with Crippen molar-refractivity contribution in [3.8, 4) is 0 Å². The van der Waals surface area contributed by atoms with Crippen molar-refractivity contribution in [2.45, 2.75) is 25.8 Å². The molecule has 1 atom stereocenters. The van der Waals surface area contributed by atoms with E-state index in [0.29, 0.717) is 6.04 Å². The highest BCUT2D eigenvalue weighted by molar-refractivity contribution is 5.47. The number of nitrogens with two attached hydrogens (primary N) is 1. The summed E-state index contributed by atoms with van der Waals surface area (Å²) in [5.41, 5.74) is 6.81. The predicted octanol–water partition coefficient (Wildman–Crippen LogP) is 0.979. The first kappa shape index (κ1) is 14.3. The summed E-state index contributed by atoms with van der Waals surface area (Å²) in [6.07, 6.45) is 6.14. The molecule has 6 heteroatoms. The molecule has 1 fully saturated rings. The van der Waals surface area contributed by atoms with E-state index in [2.05, 4.69) is 26.8 Å². The number of piperazine rings is 1. The number of hydrogen-bond acceptors (Lipinski definition) is 5. The summed E-state index contributed by atoms with van der Waals surface area (Å²) in [6, 6.07) is 4.51. The minimum Gasteiger partial charge on any atom is -0.354 e. The van der Waals surface area contributed by atoms with Gasteiger partial charge in [-0.05, 0) is 12.5 Å². The zero-order valence-electron chi connectivity index (χ0n) is 12.6. The van der Waals surface area contributed by atoms with Crippen LogP contribution in [0.25, 0.3) is 5.65 Å². The van der Waals surface area contributed by atoms with Crippen LogP contribution in [0.2, 0.25) is 0 Å². The zero-order chi connectivity index (χ0) is 14.7. The molecule has 0 aliphatic carbocycles. The summed E-state index contributed by atoms with van der Waals surface area (Å²) in [7, 11) is 0. The highest BCUT2D eigenvalue weighted by atomic mass is 15.3. The highest BCUT2D eigenvalue weighted by Gasteiger charge is 2.23. The van der Waals surface area contributed by atoms with Crippen molar-refractivity contribution < 1.29 is 0 Å². The Morgan fingerprint density at radius 2 is 2.05 bits per heavy atom. The minimum absolute atomic E-state index is 0.530. The van der Waals surface area contributed by atoms with Crippen LogP contribution in [0, 0.1) is 0 Å². The third kappa shape index (κ3) is 3.01. The van der Waals surface area contributed by atoms with Gasteiger partial charge >= 0.3 is 0 Å². The first-order chi connectivity index (χ1) is 10.3. The average molecular weight is 288 g/mol. The quantitative estimate of drug-likeness (QED) is 0.888. The van der Waals surface area contributed by atoms with Crippen molar-refractivity contribution in [1.82, 2.24) is 19.5 Å². The number of aromatic nitrogens is 3. The number of anilines is 1. The van der Waals surface area contributed by atoms with Gasteiger partial charge in [0.15, 0.2) is 5.65 Å². The van der Waals surface area contributed by atoms with Crippen LogP contribution in [-0.4, -0.2) is 58.3 Å². The Labute approximate surface area is 125 Å². The Kier molecular flexibility index (Phi) is 4.36. The second-order valence-corrected chi connectivity index (χ2v) is 5.62. The largest absolute Gasteiger partial charge is 0.354 e. The maximum atomic E-state index is 5.91. The number of fused-ring (bicyclic) bond motifs is 1. The summed E-state index contributed by atoms with van der Waals surface area (Å²) in [5.74, 6) is 1.04. The molecule has 0 radical (unpaired) electrons. The van der Waals surface area contributed by atoms with Gasteiger partial charge in [-0.25, -0.2) is 9.50 Å². The first-order valence-corrected chi connectivity index (χ1v) is 7.81. The van der Waals surface area contributed by atoms with Gasteiger partial charge in [0.2, 0.25) is 0 Å². The van der Waals surface area contributed by atoms with Gasteiger partial charge < -0.3 is 10.6 Å². The maximum Gasteiger partial charge on any atom is 0.157 e. The molecule has 6 nitrogen and oxygen atoms in total. The third-order valence-electron chi connectivity index (χ3n) is 4.29. The molecule has 114 valence electrons. The van der Waals surface area contributed by atoms with E-state index in [9.17, 15) is 0 Å². The average Bonchev–Trinajstić information content (AvgIpc) is 3.00. The van der Waals surface area contributed by atoms with Crippen molar-refractivity contribution >= 4 is 11.5 Å². The summed E-state index contributed by atoms with van der Waals surface area (Å²) in [5, 5.41) is 4.19. The predicted molar refractivity (Wildman–Crippen MR) is 84.5 cm³/mol. The topological polar surface area (TPSA) is 62.7 Å². The lowest BCUT2D eigenvalue weighted by Crippen LogP contribution is -2.52. The van der Waals surface area contributed by atoms with Crippen LogP contribution in [0.1, 0.15) is 19.8 Å². The smallest absolute Gasteiger partial charge is 0.157 e. The van der Waals surface area contributed by atoms with Gasteiger partial charge in [0.25, 0.3) is 0 Å². The van der Waals surface area contributed by atoms with Crippen molar-refractivity contribution in [2.24, 2.45) is 5.73 Å². The van der Waals surface area contributed by atoms with Crippen molar-refractivity contribution in [3.63, 3.8) is 0 Å². The van der Waals surface area contributed by atoms with Crippen LogP contribution in [-0.2, 0) is 0 Å². The fourth-order valence-corrected chi connectivity index (χ4v) is 3.08. The minimum atomic E-state index is 0.530. The molecule has 1 aliphatic heterocycles. The molecule has 0 saturated carbocycles. The third-order valence-corrected chi connectivity index (χ3v) is 4.29. The van der Waals surface area contributed by atoms with Gasteiger partial charge in [0, 0.05) is 51.0 Å². The molecule has 0 bridgehead atoms. The molecule has 2 N–H and O–H groups in total. The van der Waals surface area contributed by atoms with Gasteiger partial charge in [0.1, 0.15) is 5.82 Å². The second kappa shape index (κ2) is 6.41. The summed E-state index contributed by atoms with van der Waals surface area (Å²) < 4.78 is 1.80. The van der Waals surface area contributed by atoms with E-state index in [1.807, 2.05) is 18.3 Å². The zero-order valence-corrected chi connectivity index (χ0v) is 12.6. The lowest BCUT2D eigenvalue weighted by molar-refractivity contribution is 0.179. The van der Waals surface area contributed by atoms with E-state index in [1.54, 1.807) is 10.7 Å². The molecule has 3 rings (SSSR count). The second-order valence-electron chi connectivity index (χ2n) is 5.62. The van der Waals surface area contributed by atoms with Gasteiger partial charge in [-0.2, -0.15) is 5.10 Å². The number of nitrogens with zero attached hydrogens (tertiary/aromatic N) is 5. The van der Waals surface area contributed by atoms with Crippen LogP contribution in [0.5, 0.6) is 0 Å². The number of rotatable bonds is 5. The molecule has 2 aromatic rings. The monoisotopic (exact) mass is 288 g/mol. The molecule has 21 heavy (non-hydrogen) atoms. The van der Waals surface area contributed by atoms with E-state index in [4.69, 9.17) is 5.73 Å². The Morgan fingerprint density at radius 1 is 1.24 bits per heavy atom. The lowest BCUT2D eigenvalue weighted by Gasteiger charge is -2.39. The standard InChI is InChI=1S/C15H24N6/c1-2-3-13(12-16)19-8-10-20(11-9-19)14-5-7-21-15(18-14)4-6-17-21/h4-7,13H,2-3,8-12,16H2,1H3. The Hall–Kier alpha value is -1.66. The molecule has 2 aromatic heterocycles. The van der Waals surface area contributed by atoms with E-state index in [1.165, 1.54) is 12.8 Å². The molecular formula is C15H24N6. The summed E-state index contributed by atoms with van der Waals surface area (Å²) in [4.78, 5) is 9.54. The molecule has 0 aromatic carbocycles. The van der Waals surface area contributed by atoms with Crippen molar-refractivity contribution in [3.05, 3.63) is 24.5 Å². The summed E-state index contributed by atoms with van der Waals surface area (Å²) in [6.45, 7) is 7.13. The van der Waals surface area contributed by atoms with Crippen LogP contribution >= 0.6 is 0 Å². The van der Waals surface area contributed by atoms with Crippen LogP contribution < -0.4 is 10.6 Å². The van der Waals surface area contributed by atoms with Gasteiger partial charge in [-0.15, -0.1) is 0 Å². The van der Waals surface area contributed by atoms with Crippen LogP contribution in [0.15, 0.2) is 24.5 Å². The molecule has 3 heterocycles. The normalized spacial score (nSPS) is 18.3. The van der Waals surface area contributed by atoms with Gasteiger partial charge in [0.05, 0.1) is 6.20 Å². The van der Waals surface area contributed by atoms with E-state index in [-0.39, 0.29) is 0 Å². The van der Waals surface area contributed by atoms with E-state index in [0.717, 1.165) is 44.2 Å². The Balaban J connectivity index is 1.64. The van der Waals surface area contributed by atoms with Gasteiger partial charge in [-0.3, -0.25) is 4.90 Å². The molecule has 1 saturated heterocycles. The lowest BCUT2D eigenvalue weighted by atomic mass is 10.1. The molecule has 0 spiro atoms. The SMILES string of the molecule is CCCC(CN)N1CCN(c2ccn3nccc3n2)CC1. The molecule has 1 aliphatic rings. The highest BCUT2D eigenvalue weighted by Crippen LogP contribution is 2.16. The molecule has 1 unspecified atom stereocenters. The van der Waals surface area contributed by atoms with Crippen molar-refractivity contribution in [2.75, 3.05) is 37.6 Å². The summed E-state index contributed by atoms with van der Waals surface area (Å²) >= 11 is 0. The number of hydrogen-bond donors (Lipinski definition) is 1. The Bertz CT molecular complexity index is 572. The van der Waals surface area contributed by atoms with E-state index >= 15 is 0 Å². The van der Waals surface area contributed by atoms with E-state index < -0.39 is 0 Å². The van der Waals surface area contributed by atoms with Crippen LogP contribution in [0.4, 0.5) is 5.82 Å². The molecular weight excluding hydrogens is 264 g/mol. The first-order valence-electron chi connectivity index (χ1n) is 7.81.